The van der Waals surface area contributed by atoms with E-state index in [1.807, 2.05) is 30.3 Å². The highest BCUT2D eigenvalue weighted by Gasteiger charge is 2.09. The third-order valence-corrected chi connectivity index (χ3v) is 3.53. The van der Waals surface area contributed by atoms with Gasteiger partial charge in [-0.1, -0.05) is 30.3 Å². The molecular weight excluding hydrogens is 358 g/mol. The van der Waals surface area contributed by atoms with Gasteiger partial charge in [0.25, 0.3) is 0 Å². The van der Waals surface area contributed by atoms with Crippen LogP contribution in [0.2, 0.25) is 0 Å². The minimum Gasteiger partial charge on any atom is -0.487 e. The largest absolute Gasteiger partial charge is 0.487 e. The normalized spacial score (nSPS) is 9.83. The summed E-state index contributed by atoms with van der Waals surface area (Å²) >= 11 is 6.81. The smallest absolute Gasteiger partial charge is 0.148 e. The van der Waals surface area contributed by atoms with Crippen LogP contribution in [0.25, 0.3) is 0 Å². The van der Waals surface area contributed by atoms with Crippen LogP contribution in [0.15, 0.2) is 51.4 Å². The summed E-state index contributed by atoms with van der Waals surface area (Å²) in [5, 5.41) is 8.85. The molecule has 0 aromatic heterocycles. The molecule has 0 amide bonds. The SMILES string of the molecule is N#Cc1cc(Br)c(OCc2ccccc2)c(Br)c1. The van der Waals surface area contributed by atoms with Crippen molar-refractivity contribution in [3.8, 4) is 11.8 Å². The first kappa shape index (κ1) is 13.1. The highest BCUT2D eigenvalue weighted by Crippen LogP contribution is 2.35. The molecule has 0 N–H and O–H groups in total. The Balaban J connectivity index is 2.18. The molecule has 0 saturated heterocycles. The first-order valence-electron chi connectivity index (χ1n) is 5.26. The molecule has 0 bridgehead atoms. The first-order chi connectivity index (χ1) is 8.70. The van der Waals surface area contributed by atoms with Gasteiger partial charge in [0.2, 0.25) is 0 Å². The maximum Gasteiger partial charge on any atom is 0.148 e. The second kappa shape index (κ2) is 6.03. The zero-order valence-electron chi connectivity index (χ0n) is 9.36. The molecule has 0 unspecified atom stereocenters. The van der Waals surface area contributed by atoms with Crippen molar-refractivity contribution in [2.75, 3.05) is 0 Å². The lowest BCUT2D eigenvalue weighted by Gasteiger charge is -2.10. The highest BCUT2D eigenvalue weighted by atomic mass is 79.9. The molecule has 18 heavy (non-hydrogen) atoms. The highest BCUT2D eigenvalue weighted by molar-refractivity contribution is 9.11. The Kier molecular flexibility index (Phi) is 4.40. The van der Waals surface area contributed by atoms with E-state index in [0.717, 1.165) is 14.5 Å². The average Bonchev–Trinajstić information content (AvgIpc) is 2.38. The Morgan fingerprint density at radius 1 is 1.06 bits per heavy atom. The van der Waals surface area contributed by atoms with Crippen LogP contribution in [-0.2, 0) is 6.61 Å². The zero-order chi connectivity index (χ0) is 13.0. The van der Waals surface area contributed by atoms with E-state index in [1.165, 1.54) is 0 Å². The molecule has 0 aliphatic carbocycles. The molecule has 0 fully saturated rings. The van der Waals surface area contributed by atoms with Crippen LogP contribution in [0.4, 0.5) is 0 Å². The summed E-state index contributed by atoms with van der Waals surface area (Å²) in [6, 6.07) is 15.5. The van der Waals surface area contributed by atoms with E-state index in [2.05, 4.69) is 37.9 Å². The molecule has 2 aromatic carbocycles. The molecule has 2 nitrogen and oxygen atoms in total. The molecule has 0 radical (unpaired) electrons. The van der Waals surface area contributed by atoms with Crippen molar-refractivity contribution in [2.24, 2.45) is 0 Å². The number of benzene rings is 2. The van der Waals surface area contributed by atoms with Crippen molar-refractivity contribution in [2.45, 2.75) is 6.61 Å². The van der Waals surface area contributed by atoms with Crippen LogP contribution in [0.5, 0.6) is 5.75 Å². The number of halogens is 2. The van der Waals surface area contributed by atoms with Gasteiger partial charge in [0, 0.05) is 0 Å². The van der Waals surface area contributed by atoms with Crippen LogP contribution in [0.3, 0.4) is 0 Å². The monoisotopic (exact) mass is 365 g/mol. The summed E-state index contributed by atoms with van der Waals surface area (Å²) in [6.45, 7) is 0.490. The minimum absolute atomic E-state index is 0.490. The number of nitriles is 1. The lowest BCUT2D eigenvalue weighted by Crippen LogP contribution is -1.97. The predicted octanol–water partition coefficient (Wildman–Crippen LogP) is 4.66. The quantitative estimate of drug-likeness (QED) is 0.791. The molecule has 2 rings (SSSR count). The number of hydrogen-bond acceptors (Lipinski definition) is 2. The van der Waals surface area contributed by atoms with E-state index in [-0.39, 0.29) is 0 Å². The predicted molar refractivity (Wildman–Crippen MR) is 77.3 cm³/mol. The summed E-state index contributed by atoms with van der Waals surface area (Å²) in [4.78, 5) is 0. The van der Waals surface area contributed by atoms with E-state index in [0.29, 0.717) is 17.9 Å². The molecule has 0 aliphatic rings. The summed E-state index contributed by atoms with van der Waals surface area (Å²) in [7, 11) is 0. The van der Waals surface area contributed by atoms with Crippen molar-refractivity contribution in [1.29, 1.82) is 5.26 Å². The fourth-order valence-electron chi connectivity index (χ4n) is 1.49. The van der Waals surface area contributed by atoms with Gasteiger partial charge in [-0.3, -0.25) is 0 Å². The van der Waals surface area contributed by atoms with E-state index in [9.17, 15) is 0 Å². The van der Waals surface area contributed by atoms with Crippen LogP contribution >= 0.6 is 31.9 Å². The second-order valence-electron chi connectivity index (χ2n) is 3.66. The van der Waals surface area contributed by atoms with Crippen LogP contribution < -0.4 is 4.74 Å². The molecule has 0 saturated carbocycles. The Hall–Kier alpha value is -1.31. The van der Waals surface area contributed by atoms with Gasteiger partial charge in [-0.2, -0.15) is 5.26 Å². The number of ether oxygens (including phenoxy) is 1. The Labute approximate surface area is 122 Å². The standard InChI is InChI=1S/C14H9Br2NO/c15-12-6-11(8-17)7-13(16)14(12)18-9-10-4-2-1-3-5-10/h1-7H,9H2. The molecule has 2 aromatic rings. The summed E-state index contributed by atoms with van der Waals surface area (Å²) < 4.78 is 7.29. The molecule has 4 heteroatoms. The van der Waals surface area contributed by atoms with Gasteiger partial charge < -0.3 is 4.74 Å². The maximum atomic E-state index is 8.85. The van der Waals surface area contributed by atoms with Crippen LogP contribution in [0.1, 0.15) is 11.1 Å². The fraction of sp³-hybridized carbons (Fsp3) is 0.0714. The lowest BCUT2D eigenvalue weighted by atomic mass is 10.2. The number of rotatable bonds is 3. The van der Waals surface area contributed by atoms with Gasteiger partial charge in [-0.05, 0) is 49.6 Å². The van der Waals surface area contributed by atoms with Crippen molar-refractivity contribution >= 4 is 31.9 Å². The Morgan fingerprint density at radius 2 is 1.67 bits per heavy atom. The third kappa shape index (κ3) is 3.12. The fourth-order valence-corrected chi connectivity index (χ4v) is 2.91. The molecule has 0 atom stereocenters. The minimum atomic E-state index is 0.490. The summed E-state index contributed by atoms with van der Waals surface area (Å²) in [5.74, 6) is 0.706. The third-order valence-electron chi connectivity index (χ3n) is 2.35. The van der Waals surface area contributed by atoms with Crippen molar-refractivity contribution < 1.29 is 4.74 Å². The number of nitrogens with zero attached hydrogens (tertiary/aromatic N) is 1. The van der Waals surface area contributed by atoms with Crippen molar-refractivity contribution in [3.63, 3.8) is 0 Å². The maximum absolute atomic E-state index is 8.85. The second-order valence-corrected chi connectivity index (χ2v) is 5.36. The molecule has 90 valence electrons. The first-order valence-corrected chi connectivity index (χ1v) is 6.85. The molecule has 0 heterocycles. The topological polar surface area (TPSA) is 33.0 Å². The van der Waals surface area contributed by atoms with E-state index in [1.54, 1.807) is 12.1 Å². The van der Waals surface area contributed by atoms with Crippen LogP contribution in [0, 0.1) is 11.3 Å². The summed E-state index contributed by atoms with van der Waals surface area (Å²) in [5.41, 5.74) is 1.68. The van der Waals surface area contributed by atoms with E-state index >= 15 is 0 Å². The molecule has 0 aliphatic heterocycles. The number of hydrogen-bond donors (Lipinski definition) is 0. The Bertz CT molecular complexity index is 567. The van der Waals surface area contributed by atoms with Crippen LogP contribution in [-0.4, -0.2) is 0 Å². The van der Waals surface area contributed by atoms with E-state index in [4.69, 9.17) is 10.00 Å². The van der Waals surface area contributed by atoms with Crippen molar-refractivity contribution in [3.05, 3.63) is 62.5 Å². The Morgan fingerprint density at radius 3 is 2.22 bits per heavy atom. The van der Waals surface area contributed by atoms with Gasteiger partial charge in [-0.25, -0.2) is 0 Å². The van der Waals surface area contributed by atoms with Gasteiger partial charge in [0.1, 0.15) is 12.4 Å². The lowest BCUT2D eigenvalue weighted by molar-refractivity contribution is 0.302. The van der Waals surface area contributed by atoms with Gasteiger partial charge in [0.15, 0.2) is 0 Å². The molecular formula is C14H9Br2NO. The molecule has 0 spiro atoms. The summed E-state index contributed by atoms with van der Waals surface area (Å²) in [6.07, 6.45) is 0. The van der Waals surface area contributed by atoms with Gasteiger partial charge in [0.05, 0.1) is 20.6 Å². The van der Waals surface area contributed by atoms with Crippen molar-refractivity contribution in [1.82, 2.24) is 0 Å². The zero-order valence-corrected chi connectivity index (χ0v) is 12.5. The van der Waals surface area contributed by atoms with Gasteiger partial charge in [-0.15, -0.1) is 0 Å². The average molecular weight is 367 g/mol. The van der Waals surface area contributed by atoms with Gasteiger partial charge >= 0.3 is 0 Å². The van der Waals surface area contributed by atoms with E-state index < -0.39 is 0 Å².